The summed E-state index contributed by atoms with van der Waals surface area (Å²) in [5.41, 5.74) is 8.82. The van der Waals surface area contributed by atoms with Crippen LogP contribution in [0.25, 0.3) is 10.4 Å². The van der Waals surface area contributed by atoms with Crippen molar-refractivity contribution < 1.29 is 4.79 Å². The van der Waals surface area contributed by atoms with Crippen molar-refractivity contribution in [2.24, 2.45) is 5.11 Å². The summed E-state index contributed by atoms with van der Waals surface area (Å²) in [6.07, 6.45) is 1.43. The maximum Gasteiger partial charge on any atom is 0.173 e. The van der Waals surface area contributed by atoms with Gasteiger partial charge in [-0.2, -0.15) is 0 Å². The average Bonchev–Trinajstić information content (AvgIpc) is 2.42. The van der Waals surface area contributed by atoms with Gasteiger partial charge in [-0.1, -0.05) is 47.7 Å². The molecule has 1 rings (SSSR count). The van der Waals surface area contributed by atoms with Crippen molar-refractivity contribution in [2.45, 2.75) is 12.8 Å². The van der Waals surface area contributed by atoms with E-state index in [9.17, 15) is 4.79 Å². The van der Waals surface area contributed by atoms with Gasteiger partial charge in [0.05, 0.1) is 5.75 Å². The highest BCUT2D eigenvalue weighted by Gasteiger charge is 2.06. The molecule has 1 aromatic rings. The smallest absolute Gasteiger partial charge is 0.173 e. The third kappa shape index (κ3) is 5.82. The number of hydrogen-bond acceptors (Lipinski definition) is 4. The molecule has 0 heterocycles. The molecule has 6 heteroatoms. The van der Waals surface area contributed by atoms with Crippen LogP contribution in [-0.2, 0) is 0 Å². The molecular weight excluding hydrogens is 266 g/mol. The van der Waals surface area contributed by atoms with E-state index in [-0.39, 0.29) is 5.78 Å². The second-order valence-electron chi connectivity index (χ2n) is 3.51. The van der Waals surface area contributed by atoms with Crippen LogP contribution in [0.4, 0.5) is 0 Å². The van der Waals surface area contributed by atoms with E-state index in [2.05, 4.69) is 10.0 Å². The van der Waals surface area contributed by atoms with Gasteiger partial charge in [0.2, 0.25) is 0 Å². The number of benzene rings is 1. The molecule has 0 aliphatic heterocycles. The summed E-state index contributed by atoms with van der Waals surface area (Å²) >= 11 is 6.53. The molecule has 18 heavy (non-hydrogen) atoms. The number of hydrogen-bond donors (Lipinski definition) is 0. The molecule has 1 aromatic carbocycles. The van der Waals surface area contributed by atoms with Crippen molar-refractivity contribution >= 4 is 34.0 Å². The number of Topliss-reactive ketones (excluding diaryl/α,β-unsaturated/α-hetero) is 1. The molecule has 0 N–H and O–H groups in total. The van der Waals surface area contributed by atoms with Crippen molar-refractivity contribution in [2.75, 3.05) is 12.3 Å². The highest BCUT2D eigenvalue weighted by molar-refractivity contribution is 8.23. The molecule has 0 aliphatic carbocycles. The number of azide groups is 1. The van der Waals surface area contributed by atoms with Gasteiger partial charge in [-0.15, -0.1) is 11.8 Å². The lowest BCUT2D eigenvalue weighted by Gasteiger charge is -2.02. The van der Waals surface area contributed by atoms with Gasteiger partial charge in [0.25, 0.3) is 0 Å². The van der Waals surface area contributed by atoms with Gasteiger partial charge < -0.3 is 0 Å². The van der Waals surface area contributed by atoms with Crippen LogP contribution < -0.4 is 0 Å². The number of nitrogens with zero attached hydrogens (tertiary/aromatic N) is 3. The summed E-state index contributed by atoms with van der Waals surface area (Å²) in [4.78, 5) is 14.4. The Balaban J connectivity index is 2.26. The van der Waals surface area contributed by atoms with Crippen LogP contribution in [0.1, 0.15) is 23.2 Å². The number of ketones is 1. The van der Waals surface area contributed by atoms with E-state index < -0.39 is 0 Å². The monoisotopic (exact) mass is 279 g/mol. The predicted molar refractivity (Wildman–Crippen MR) is 79.1 cm³/mol. The fraction of sp³-hybridized carbons (Fsp3) is 0.333. The largest absolute Gasteiger partial charge is 0.293 e. The van der Waals surface area contributed by atoms with Gasteiger partial charge in [0.1, 0.15) is 0 Å². The lowest BCUT2D eigenvalue weighted by atomic mass is 10.2. The maximum atomic E-state index is 11.8. The minimum Gasteiger partial charge on any atom is -0.293 e. The number of thiocarbonyl (C=S) groups is 1. The molecule has 0 aliphatic rings. The van der Waals surface area contributed by atoms with E-state index in [0.717, 1.165) is 10.6 Å². The first-order valence-electron chi connectivity index (χ1n) is 5.49. The SMILES string of the molecule is [N-]=[N+]=NCCCC(=S)SCC(=O)c1ccccc1. The summed E-state index contributed by atoms with van der Waals surface area (Å²) in [6, 6.07) is 9.16. The molecule has 4 nitrogen and oxygen atoms in total. The topological polar surface area (TPSA) is 65.8 Å². The first-order chi connectivity index (χ1) is 8.74. The van der Waals surface area contributed by atoms with Crippen LogP contribution in [-0.4, -0.2) is 22.3 Å². The second-order valence-corrected chi connectivity index (χ2v) is 5.33. The summed E-state index contributed by atoms with van der Waals surface area (Å²) in [5, 5.41) is 3.43. The van der Waals surface area contributed by atoms with E-state index in [1.54, 1.807) is 12.1 Å². The van der Waals surface area contributed by atoms with Crippen LogP contribution in [0.2, 0.25) is 0 Å². The zero-order chi connectivity index (χ0) is 13.2. The lowest BCUT2D eigenvalue weighted by Crippen LogP contribution is -2.04. The fourth-order valence-corrected chi connectivity index (χ4v) is 2.33. The molecule has 0 unspecified atom stereocenters. The van der Waals surface area contributed by atoms with Crippen LogP contribution >= 0.6 is 24.0 Å². The van der Waals surface area contributed by atoms with E-state index in [4.69, 9.17) is 17.7 Å². The molecule has 0 amide bonds. The van der Waals surface area contributed by atoms with Crippen molar-refractivity contribution in [1.82, 2.24) is 0 Å². The predicted octanol–water partition coefficient (Wildman–Crippen LogP) is 4.02. The normalized spacial score (nSPS) is 9.56. The maximum absolute atomic E-state index is 11.8. The Bertz CT molecular complexity index is 456. The third-order valence-electron chi connectivity index (χ3n) is 2.16. The average molecular weight is 279 g/mol. The van der Waals surface area contributed by atoms with Crippen molar-refractivity contribution in [3.63, 3.8) is 0 Å². The lowest BCUT2D eigenvalue weighted by molar-refractivity contribution is 0.102. The Morgan fingerprint density at radius 1 is 1.39 bits per heavy atom. The van der Waals surface area contributed by atoms with E-state index >= 15 is 0 Å². The van der Waals surface area contributed by atoms with Crippen molar-refractivity contribution in [1.29, 1.82) is 0 Å². The van der Waals surface area contributed by atoms with E-state index in [0.29, 0.717) is 24.3 Å². The molecule has 0 saturated carbocycles. The van der Waals surface area contributed by atoms with Gasteiger partial charge >= 0.3 is 0 Å². The van der Waals surface area contributed by atoms with Crippen LogP contribution in [0.5, 0.6) is 0 Å². The van der Waals surface area contributed by atoms with Crippen LogP contribution in [0, 0.1) is 0 Å². The highest BCUT2D eigenvalue weighted by atomic mass is 32.2. The Hall–Kier alpha value is -1.36. The number of rotatable bonds is 7. The van der Waals surface area contributed by atoms with E-state index in [1.807, 2.05) is 18.2 Å². The third-order valence-corrected chi connectivity index (χ3v) is 3.65. The number of carbonyl (C=O) groups excluding carboxylic acids is 1. The van der Waals surface area contributed by atoms with Gasteiger partial charge in [-0.05, 0) is 18.4 Å². The zero-order valence-electron chi connectivity index (χ0n) is 9.78. The standard InChI is InChI=1S/C12H13N3OS2/c13-15-14-8-4-7-12(17)18-9-11(16)10-5-2-1-3-6-10/h1-3,5-6H,4,7-9H2. The van der Waals surface area contributed by atoms with Gasteiger partial charge in [-0.25, -0.2) is 0 Å². The Labute approximate surface area is 115 Å². The number of thioether (sulfide) groups is 1. The Morgan fingerprint density at radius 2 is 2.11 bits per heavy atom. The molecule has 94 valence electrons. The minimum absolute atomic E-state index is 0.0815. The summed E-state index contributed by atoms with van der Waals surface area (Å²) in [6.45, 7) is 0.448. The highest BCUT2D eigenvalue weighted by Crippen LogP contribution is 2.13. The van der Waals surface area contributed by atoms with Gasteiger partial charge in [0, 0.05) is 21.2 Å². The molecule has 0 radical (unpaired) electrons. The quantitative estimate of drug-likeness (QED) is 0.189. The van der Waals surface area contributed by atoms with Crippen molar-refractivity contribution in [3.8, 4) is 0 Å². The Morgan fingerprint density at radius 3 is 2.78 bits per heavy atom. The van der Waals surface area contributed by atoms with Crippen molar-refractivity contribution in [3.05, 3.63) is 46.3 Å². The molecule has 0 fully saturated rings. The molecule has 0 atom stereocenters. The fourth-order valence-electron chi connectivity index (χ4n) is 1.26. The first-order valence-corrected chi connectivity index (χ1v) is 6.88. The van der Waals surface area contributed by atoms with Gasteiger partial charge in [-0.3, -0.25) is 4.79 Å². The van der Waals surface area contributed by atoms with Crippen LogP contribution in [0.15, 0.2) is 35.4 Å². The van der Waals surface area contributed by atoms with Crippen LogP contribution in [0.3, 0.4) is 0 Å². The summed E-state index contributed by atoms with van der Waals surface area (Å²) in [5.74, 6) is 0.447. The summed E-state index contributed by atoms with van der Waals surface area (Å²) < 4.78 is 0.785. The molecule has 0 aromatic heterocycles. The van der Waals surface area contributed by atoms with Gasteiger partial charge in [0.15, 0.2) is 5.78 Å². The second kappa shape index (κ2) is 8.69. The zero-order valence-corrected chi connectivity index (χ0v) is 11.4. The molecule has 0 spiro atoms. The molecule has 0 saturated heterocycles. The number of carbonyl (C=O) groups is 1. The Kier molecular flexibility index (Phi) is 7.10. The summed E-state index contributed by atoms with van der Waals surface area (Å²) in [7, 11) is 0. The minimum atomic E-state index is 0.0815. The molecule has 0 bridgehead atoms. The molecular formula is C12H13N3OS2. The first kappa shape index (κ1) is 14.7. The van der Waals surface area contributed by atoms with E-state index in [1.165, 1.54) is 11.8 Å².